The van der Waals surface area contributed by atoms with Crippen molar-refractivity contribution in [2.45, 2.75) is 30.4 Å². The van der Waals surface area contributed by atoms with Crippen LogP contribution >= 0.6 is 0 Å². The van der Waals surface area contributed by atoms with Crippen molar-refractivity contribution in [1.82, 2.24) is 13.9 Å². The van der Waals surface area contributed by atoms with Gasteiger partial charge in [0.05, 0.1) is 19.5 Å². The van der Waals surface area contributed by atoms with Crippen LogP contribution in [0.5, 0.6) is 5.75 Å². The van der Waals surface area contributed by atoms with E-state index in [0.29, 0.717) is 18.9 Å². The fourth-order valence-electron chi connectivity index (χ4n) is 3.80. The van der Waals surface area contributed by atoms with Gasteiger partial charge in [0.1, 0.15) is 5.75 Å². The highest BCUT2D eigenvalue weighted by Crippen LogP contribution is 2.32. The van der Waals surface area contributed by atoms with Gasteiger partial charge in [0, 0.05) is 50.0 Å². The molecule has 0 amide bonds. The molecule has 2 saturated heterocycles. The summed E-state index contributed by atoms with van der Waals surface area (Å²) in [5.41, 5.74) is 0.529. The van der Waals surface area contributed by atoms with E-state index in [1.807, 2.05) is 0 Å². The number of anilines is 1. The Labute approximate surface area is 179 Å². The summed E-state index contributed by atoms with van der Waals surface area (Å²) >= 11 is 0. The molecule has 3 heterocycles. The van der Waals surface area contributed by atoms with E-state index in [9.17, 15) is 17.2 Å². The van der Waals surface area contributed by atoms with E-state index in [1.165, 1.54) is 29.0 Å². The summed E-state index contributed by atoms with van der Waals surface area (Å²) in [5.74, 6) is -0.295. The molecule has 9 nitrogen and oxygen atoms in total. The van der Waals surface area contributed by atoms with Crippen molar-refractivity contribution < 1.29 is 31.4 Å². The van der Waals surface area contributed by atoms with Gasteiger partial charge in [-0.3, -0.25) is 0 Å². The van der Waals surface area contributed by atoms with Gasteiger partial charge in [0.2, 0.25) is 0 Å². The molecular formula is C19H24F2N4O5S. The third-order valence-electron chi connectivity index (χ3n) is 5.23. The molecule has 2 atom stereocenters. The molecule has 1 N–H and O–H groups in total. The molecule has 0 unspecified atom stereocenters. The highest BCUT2D eigenvalue weighted by Gasteiger charge is 2.45. The fraction of sp³-hybridized carbons (Fsp3) is 0.526. The standard InChI is InChI=1S/C19H24F2N4O5S/c1-24-11-17(22-12-24)31(26,27)25-9-15(18-28-6-3-7-29-18)16(10-25)23-13-4-2-5-14(8-13)30-19(20)21/h2,4-5,8,11-12,15-16,18-19,23H,3,6-7,9-10H2,1H3/t15-,16-/m0/s1. The van der Waals surface area contributed by atoms with Crippen molar-refractivity contribution in [3.8, 4) is 5.75 Å². The Morgan fingerprint density at radius 2 is 2.03 bits per heavy atom. The van der Waals surface area contributed by atoms with Gasteiger partial charge >= 0.3 is 6.61 Å². The average molecular weight is 458 g/mol. The summed E-state index contributed by atoms with van der Waals surface area (Å²) in [7, 11) is -2.12. The molecule has 12 heteroatoms. The van der Waals surface area contributed by atoms with Crippen LogP contribution in [0.3, 0.4) is 0 Å². The topological polar surface area (TPSA) is 94.9 Å². The van der Waals surface area contributed by atoms with Crippen LogP contribution in [0, 0.1) is 5.92 Å². The number of aryl methyl sites for hydroxylation is 1. The van der Waals surface area contributed by atoms with Crippen molar-refractivity contribution >= 4 is 15.7 Å². The highest BCUT2D eigenvalue weighted by atomic mass is 32.2. The number of aromatic nitrogens is 2. The number of imidazole rings is 1. The number of ether oxygens (including phenoxy) is 3. The SMILES string of the molecule is Cn1cnc(S(=O)(=O)N2C[C@H](Nc3cccc(OC(F)F)c3)[C@@H](C3OCCCO3)C2)c1. The second-order valence-electron chi connectivity index (χ2n) is 7.48. The first kappa shape index (κ1) is 21.9. The molecule has 2 fully saturated rings. The summed E-state index contributed by atoms with van der Waals surface area (Å²) in [4.78, 5) is 3.98. The van der Waals surface area contributed by atoms with Crippen molar-refractivity contribution in [1.29, 1.82) is 0 Å². The van der Waals surface area contributed by atoms with Crippen molar-refractivity contribution in [3.63, 3.8) is 0 Å². The van der Waals surface area contributed by atoms with Crippen LogP contribution in [0.15, 0.2) is 41.8 Å². The molecule has 4 rings (SSSR count). The van der Waals surface area contributed by atoms with Crippen LogP contribution in [-0.4, -0.2) is 67.5 Å². The Bertz CT molecular complexity index is 997. The molecule has 0 saturated carbocycles. The van der Waals surface area contributed by atoms with Crippen LogP contribution in [0.4, 0.5) is 14.5 Å². The molecule has 0 spiro atoms. The monoisotopic (exact) mass is 458 g/mol. The molecule has 1 aromatic carbocycles. The second-order valence-corrected chi connectivity index (χ2v) is 9.37. The number of sulfonamides is 1. The molecule has 2 aromatic rings. The van der Waals surface area contributed by atoms with Gasteiger partial charge in [0.25, 0.3) is 10.0 Å². The summed E-state index contributed by atoms with van der Waals surface area (Å²) in [5, 5.41) is 3.21. The molecule has 0 bridgehead atoms. The smallest absolute Gasteiger partial charge is 0.387 e. The number of alkyl halides is 2. The molecule has 0 aliphatic carbocycles. The fourth-order valence-corrected chi connectivity index (χ4v) is 5.27. The van der Waals surface area contributed by atoms with Crippen LogP contribution in [0.1, 0.15) is 6.42 Å². The summed E-state index contributed by atoms with van der Waals surface area (Å²) in [6, 6.07) is 5.79. The van der Waals surface area contributed by atoms with E-state index >= 15 is 0 Å². The normalized spacial score (nSPS) is 23.4. The quantitative estimate of drug-likeness (QED) is 0.677. The lowest BCUT2D eigenvalue weighted by atomic mass is 10.0. The minimum absolute atomic E-state index is 0.0117. The van der Waals surface area contributed by atoms with E-state index in [2.05, 4.69) is 15.0 Å². The van der Waals surface area contributed by atoms with Gasteiger partial charge in [-0.2, -0.15) is 13.1 Å². The number of benzene rings is 1. The number of nitrogens with one attached hydrogen (secondary N) is 1. The summed E-state index contributed by atoms with van der Waals surface area (Å²) in [6.07, 6.45) is 3.07. The third-order valence-corrected chi connectivity index (χ3v) is 6.95. The van der Waals surface area contributed by atoms with E-state index in [4.69, 9.17) is 9.47 Å². The van der Waals surface area contributed by atoms with Gasteiger partial charge < -0.3 is 24.1 Å². The Morgan fingerprint density at radius 1 is 1.26 bits per heavy atom. The maximum Gasteiger partial charge on any atom is 0.387 e. The molecular weight excluding hydrogens is 434 g/mol. The predicted molar refractivity (Wildman–Crippen MR) is 106 cm³/mol. The zero-order valence-corrected chi connectivity index (χ0v) is 17.7. The van der Waals surface area contributed by atoms with Gasteiger partial charge in [-0.25, -0.2) is 13.4 Å². The predicted octanol–water partition coefficient (Wildman–Crippen LogP) is 1.89. The maximum absolute atomic E-state index is 13.1. The van der Waals surface area contributed by atoms with Gasteiger partial charge in [-0.15, -0.1) is 0 Å². The number of rotatable bonds is 7. The van der Waals surface area contributed by atoms with E-state index < -0.39 is 22.9 Å². The largest absolute Gasteiger partial charge is 0.435 e. The second kappa shape index (κ2) is 9.07. The molecule has 170 valence electrons. The van der Waals surface area contributed by atoms with Gasteiger partial charge in [-0.1, -0.05) is 6.07 Å². The van der Waals surface area contributed by atoms with Crippen molar-refractivity contribution in [2.75, 3.05) is 31.6 Å². The number of hydrogen-bond donors (Lipinski definition) is 1. The average Bonchev–Trinajstić information content (AvgIpc) is 3.36. The third kappa shape index (κ3) is 4.97. The minimum atomic E-state index is -3.81. The van der Waals surface area contributed by atoms with Gasteiger partial charge in [-0.05, 0) is 18.6 Å². The highest BCUT2D eigenvalue weighted by molar-refractivity contribution is 7.89. The van der Waals surface area contributed by atoms with Gasteiger partial charge in [0.15, 0.2) is 11.3 Å². The van der Waals surface area contributed by atoms with Crippen LogP contribution in [0.25, 0.3) is 0 Å². The first-order valence-electron chi connectivity index (χ1n) is 9.85. The van der Waals surface area contributed by atoms with E-state index in [1.54, 1.807) is 23.7 Å². The molecule has 31 heavy (non-hydrogen) atoms. The molecule has 2 aliphatic heterocycles. The first-order valence-corrected chi connectivity index (χ1v) is 11.3. The number of hydrogen-bond acceptors (Lipinski definition) is 7. The lowest BCUT2D eigenvalue weighted by molar-refractivity contribution is -0.203. The number of nitrogens with zero attached hydrogens (tertiary/aromatic N) is 3. The zero-order valence-electron chi connectivity index (χ0n) is 16.9. The van der Waals surface area contributed by atoms with E-state index in [0.717, 1.165) is 6.42 Å². The summed E-state index contributed by atoms with van der Waals surface area (Å²) in [6.45, 7) is -1.56. The number of halogens is 2. The molecule has 2 aliphatic rings. The Balaban J connectivity index is 1.56. The van der Waals surface area contributed by atoms with Crippen LogP contribution < -0.4 is 10.1 Å². The lowest BCUT2D eigenvalue weighted by Gasteiger charge is -2.31. The summed E-state index contributed by atoms with van der Waals surface area (Å²) < 4.78 is 70.1. The van der Waals surface area contributed by atoms with Crippen LogP contribution in [-0.2, 0) is 26.5 Å². The Morgan fingerprint density at radius 3 is 2.71 bits per heavy atom. The first-order chi connectivity index (χ1) is 14.8. The molecule has 0 radical (unpaired) electrons. The van der Waals surface area contributed by atoms with E-state index in [-0.39, 0.29) is 35.8 Å². The van der Waals surface area contributed by atoms with Crippen molar-refractivity contribution in [3.05, 3.63) is 36.8 Å². The Hall–Kier alpha value is -2.28. The molecule has 1 aromatic heterocycles. The minimum Gasteiger partial charge on any atom is -0.435 e. The zero-order chi connectivity index (χ0) is 22.0. The lowest BCUT2D eigenvalue weighted by Crippen LogP contribution is -2.41. The van der Waals surface area contributed by atoms with Crippen LogP contribution in [0.2, 0.25) is 0 Å². The maximum atomic E-state index is 13.1. The Kier molecular flexibility index (Phi) is 6.42. The van der Waals surface area contributed by atoms with Crippen molar-refractivity contribution in [2.24, 2.45) is 13.0 Å².